The van der Waals surface area contributed by atoms with Crippen LogP contribution in [-0.2, 0) is 52.1 Å². The molecule has 0 heterocycles. The highest BCUT2D eigenvalue weighted by Gasteiger charge is 2.24. The zero-order valence-electron chi connectivity index (χ0n) is 35.6. The fraction of sp³-hybridized carbons (Fsp3) is 0.138. The van der Waals surface area contributed by atoms with Crippen LogP contribution in [0.1, 0.15) is 87.5 Å². The van der Waals surface area contributed by atoms with E-state index in [0.717, 1.165) is 102 Å². The Labute approximate surface area is 374 Å². The number of fused-ring (bicyclic) bond motifs is 8. The van der Waals surface area contributed by atoms with E-state index >= 15 is 0 Å². The number of hydrogen-bond acceptors (Lipinski definition) is 6. The maximum Gasteiger partial charge on any atom is 0.150 e. The van der Waals surface area contributed by atoms with Gasteiger partial charge in [0.25, 0.3) is 0 Å². The van der Waals surface area contributed by atoms with Gasteiger partial charge in [-0.2, -0.15) is 0 Å². The van der Waals surface area contributed by atoms with Gasteiger partial charge in [0.2, 0.25) is 0 Å². The van der Waals surface area contributed by atoms with Crippen LogP contribution in [0.15, 0.2) is 182 Å². The van der Waals surface area contributed by atoms with E-state index < -0.39 is 0 Å². The lowest BCUT2D eigenvalue weighted by atomic mass is 9.90. The molecule has 0 saturated heterocycles. The minimum atomic E-state index is 0.343. The Morgan fingerprint density at radius 2 is 0.531 bits per heavy atom. The molecule has 0 spiro atoms. The second-order valence-corrected chi connectivity index (χ2v) is 16.2. The molecule has 9 rings (SSSR count). The summed E-state index contributed by atoms with van der Waals surface area (Å²) in [7, 11) is 0. The molecular formula is C58H48O6. The summed E-state index contributed by atoms with van der Waals surface area (Å²) < 4.78 is 27.5. The monoisotopic (exact) mass is 840 g/mol. The number of hydrogen-bond donors (Lipinski definition) is 0. The molecule has 0 radical (unpaired) electrons. The van der Waals surface area contributed by atoms with Gasteiger partial charge in [-0.25, -0.2) is 0 Å². The van der Waals surface area contributed by atoms with Gasteiger partial charge in [0.1, 0.15) is 62.0 Å². The van der Waals surface area contributed by atoms with Gasteiger partial charge >= 0.3 is 0 Å². The molecule has 0 unspecified atom stereocenters. The summed E-state index contributed by atoms with van der Waals surface area (Å²) in [5.41, 5.74) is 12.5. The van der Waals surface area contributed by atoms with Crippen molar-refractivity contribution in [3.63, 3.8) is 0 Å². The standard InChI is InChI=1S/C58H48O6/c59-35-45-27-51-31-47-23-13-24-48(55(47)61-37-41-15-5-1-6-16-41)32-52-28-46(36-60)30-54(58(52)64-40-44-21-11-4-12-22-44)34-50-26-14-25-49(56(50)62-38-42-17-7-2-8-18-42)33-53(29-45)57(51)63-39-43-19-9-3-10-20-43/h1-30,35-36H,31-34,37-40H2. The summed E-state index contributed by atoms with van der Waals surface area (Å²) in [6, 6.07) is 60.7. The summed E-state index contributed by atoms with van der Waals surface area (Å²) >= 11 is 0. The van der Waals surface area contributed by atoms with Crippen molar-refractivity contribution in [2.45, 2.75) is 52.1 Å². The molecule has 1 aliphatic carbocycles. The number of carbonyl (C=O) groups excluding carboxylic acids is 2. The first-order valence-electron chi connectivity index (χ1n) is 21.7. The molecule has 0 saturated carbocycles. The van der Waals surface area contributed by atoms with Crippen molar-refractivity contribution in [1.82, 2.24) is 0 Å². The van der Waals surface area contributed by atoms with Crippen LogP contribution in [-0.4, -0.2) is 12.6 Å². The van der Waals surface area contributed by atoms with E-state index in [1.54, 1.807) is 0 Å². The Bertz CT molecular complexity index is 2570. The molecule has 64 heavy (non-hydrogen) atoms. The SMILES string of the molecule is O=Cc1cc2c(OCc3ccccc3)c(c1)Cc1cccc(c1OCc1ccccc1)Cc1cc(C=O)cc(c1OCc1ccccc1)Cc1cccc(c1OCc1ccccc1)C2. The maximum atomic E-state index is 12.8. The summed E-state index contributed by atoms with van der Waals surface area (Å²) in [4.78, 5) is 25.6. The first-order chi connectivity index (χ1) is 31.6. The first-order valence-corrected chi connectivity index (χ1v) is 21.7. The van der Waals surface area contributed by atoms with Crippen LogP contribution in [0.4, 0.5) is 0 Å². The minimum Gasteiger partial charge on any atom is -0.488 e. The summed E-state index contributed by atoms with van der Waals surface area (Å²) in [6.07, 6.45) is 3.51. The van der Waals surface area contributed by atoms with Gasteiger partial charge in [-0.15, -0.1) is 0 Å². The van der Waals surface area contributed by atoms with Crippen molar-refractivity contribution in [1.29, 1.82) is 0 Å². The van der Waals surface area contributed by atoms with Crippen LogP contribution in [0.2, 0.25) is 0 Å². The Morgan fingerprint density at radius 1 is 0.297 bits per heavy atom. The zero-order valence-corrected chi connectivity index (χ0v) is 35.6. The van der Waals surface area contributed by atoms with E-state index in [4.69, 9.17) is 18.9 Å². The first kappa shape index (κ1) is 41.6. The fourth-order valence-electron chi connectivity index (χ4n) is 8.54. The van der Waals surface area contributed by atoms with Crippen molar-refractivity contribution >= 4 is 12.6 Å². The second kappa shape index (κ2) is 20.0. The van der Waals surface area contributed by atoms with E-state index in [1.807, 2.05) is 109 Å². The topological polar surface area (TPSA) is 71.1 Å². The number of para-hydroxylation sites is 2. The van der Waals surface area contributed by atoms with Gasteiger partial charge in [0, 0.05) is 36.8 Å². The Kier molecular flexibility index (Phi) is 13.0. The van der Waals surface area contributed by atoms with Crippen LogP contribution in [0, 0.1) is 0 Å². The highest BCUT2D eigenvalue weighted by molar-refractivity contribution is 5.78. The number of benzene rings is 8. The van der Waals surface area contributed by atoms with Crippen molar-refractivity contribution in [2.24, 2.45) is 0 Å². The summed E-state index contributed by atoms with van der Waals surface area (Å²) in [5.74, 6) is 2.91. The molecular weight excluding hydrogens is 793 g/mol. The predicted molar refractivity (Wildman–Crippen MR) is 251 cm³/mol. The van der Waals surface area contributed by atoms with Gasteiger partial charge in [-0.05, 0) is 91.0 Å². The van der Waals surface area contributed by atoms with Gasteiger partial charge in [-0.3, -0.25) is 9.59 Å². The van der Waals surface area contributed by atoms with E-state index in [0.29, 0.717) is 63.2 Å². The molecule has 8 aromatic carbocycles. The van der Waals surface area contributed by atoms with Crippen molar-refractivity contribution < 1.29 is 28.5 Å². The van der Waals surface area contributed by atoms with Crippen LogP contribution >= 0.6 is 0 Å². The van der Waals surface area contributed by atoms with Crippen molar-refractivity contribution in [2.75, 3.05) is 0 Å². The third kappa shape index (κ3) is 9.98. The van der Waals surface area contributed by atoms with Gasteiger partial charge in [0.15, 0.2) is 0 Å². The Hall–Kier alpha value is -7.70. The van der Waals surface area contributed by atoms with E-state index in [1.165, 1.54) is 0 Å². The lowest BCUT2D eigenvalue weighted by Gasteiger charge is -2.23. The average Bonchev–Trinajstić information content (AvgIpc) is 3.34. The third-order valence-corrected chi connectivity index (χ3v) is 11.6. The highest BCUT2D eigenvalue weighted by Crippen LogP contribution is 2.40. The third-order valence-electron chi connectivity index (χ3n) is 11.6. The second-order valence-electron chi connectivity index (χ2n) is 16.2. The van der Waals surface area contributed by atoms with E-state index in [2.05, 4.69) is 72.8 Å². The molecule has 316 valence electrons. The van der Waals surface area contributed by atoms with E-state index in [-0.39, 0.29) is 0 Å². The molecule has 8 aromatic rings. The summed E-state index contributed by atoms with van der Waals surface area (Å²) in [6.45, 7) is 1.38. The fourth-order valence-corrected chi connectivity index (χ4v) is 8.54. The molecule has 0 aromatic heterocycles. The van der Waals surface area contributed by atoms with Crippen LogP contribution in [0.5, 0.6) is 23.0 Å². The smallest absolute Gasteiger partial charge is 0.150 e. The molecule has 8 bridgehead atoms. The molecule has 0 atom stereocenters. The normalized spacial score (nSPS) is 11.9. The lowest BCUT2D eigenvalue weighted by molar-refractivity contribution is 0.111. The predicted octanol–water partition coefficient (Wildman–Crippen LogP) is 12.3. The van der Waals surface area contributed by atoms with Gasteiger partial charge < -0.3 is 18.9 Å². The van der Waals surface area contributed by atoms with Crippen molar-refractivity contribution in [3.8, 4) is 23.0 Å². The molecule has 0 amide bonds. The summed E-state index contributed by atoms with van der Waals surface area (Å²) in [5, 5.41) is 0. The minimum absolute atomic E-state index is 0.343. The molecule has 0 fully saturated rings. The highest BCUT2D eigenvalue weighted by atomic mass is 16.5. The largest absolute Gasteiger partial charge is 0.488 e. The van der Waals surface area contributed by atoms with Gasteiger partial charge in [-0.1, -0.05) is 158 Å². The molecule has 6 nitrogen and oxygen atoms in total. The number of carbonyl (C=O) groups is 2. The Balaban J connectivity index is 1.25. The lowest BCUT2D eigenvalue weighted by Crippen LogP contribution is -2.10. The number of ether oxygens (including phenoxy) is 4. The molecule has 0 N–H and O–H groups in total. The Morgan fingerprint density at radius 3 is 0.766 bits per heavy atom. The number of aldehydes is 2. The van der Waals surface area contributed by atoms with Crippen LogP contribution in [0.25, 0.3) is 0 Å². The molecule has 0 aliphatic heterocycles. The number of rotatable bonds is 14. The van der Waals surface area contributed by atoms with E-state index in [9.17, 15) is 9.59 Å². The molecule has 1 aliphatic rings. The molecule has 6 heteroatoms. The van der Waals surface area contributed by atoms with Crippen LogP contribution in [0.3, 0.4) is 0 Å². The zero-order chi connectivity index (χ0) is 43.5. The van der Waals surface area contributed by atoms with Crippen LogP contribution < -0.4 is 18.9 Å². The van der Waals surface area contributed by atoms with Crippen molar-refractivity contribution in [3.05, 3.63) is 260 Å². The van der Waals surface area contributed by atoms with Gasteiger partial charge in [0.05, 0.1) is 0 Å². The quantitative estimate of drug-likeness (QED) is 0.102. The maximum absolute atomic E-state index is 12.8. The average molecular weight is 841 g/mol.